The molecule has 0 saturated heterocycles. The Balaban J connectivity index is 2.05. The van der Waals surface area contributed by atoms with E-state index in [1.807, 2.05) is 36.0 Å². The SMILES string of the molecule is CN(Cc1cccs1)C(=O)c1csc(I)c1. The van der Waals surface area contributed by atoms with Crippen molar-refractivity contribution in [2.75, 3.05) is 7.05 Å². The molecule has 0 spiro atoms. The van der Waals surface area contributed by atoms with Gasteiger partial charge < -0.3 is 4.90 Å². The van der Waals surface area contributed by atoms with Crippen molar-refractivity contribution < 1.29 is 4.79 Å². The molecule has 0 radical (unpaired) electrons. The Labute approximate surface area is 116 Å². The summed E-state index contributed by atoms with van der Waals surface area (Å²) in [7, 11) is 1.84. The van der Waals surface area contributed by atoms with Crippen LogP contribution in [0.5, 0.6) is 0 Å². The van der Waals surface area contributed by atoms with Crippen LogP contribution in [0.15, 0.2) is 29.0 Å². The van der Waals surface area contributed by atoms with Crippen LogP contribution in [0.4, 0.5) is 0 Å². The molecule has 0 fully saturated rings. The highest BCUT2D eigenvalue weighted by Gasteiger charge is 2.13. The molecule has 2 aromatic heterocycles. The largest absolute Gasteiger partial charge is 0.337 e. The van der Waals surface area contributed by atoms with Gasteiger partial charge in [0.15, 0.2) is 0 Å². The number of thiophene rings is 2. The summed E-state index contributed by atoms with van der Waals surface area (Å²) in [6.45, 7) is 0.683. The summed E-state index contributed by atoms with van der Waals surface area (Å²) in [5.74, 6) is 0.0903. The monoisotopic (exact) mass is 363 g/mol. The lowest BCUT2D eigenvalue weighted by atomic mass is 10.3. The van der Waals surface area contributed by atoms with E-state index in [1.165, 1.54) is 4.88 Å². The lowest BCUT2D eigenvalue weighted by Crippen LogP contribution is -2.25. The molecule has 0 atom stereocenters. The first-order chi connectivity index (χ1) is 7.66. The van der Waals surface area contributed by atoms with Crippen LogP contribution in [0.25, 0.3) is 0 Å². The van der Waals surface area contributed by atoms with Gasteiger partial charge in [-0.25, -0.2) is 0 Å². The zero-order chi connectivity index (χ0) is 11.5. The zero-order valence-corrected chi connectivity index (χ0v) is 12.4. The summed E-state index contributed by atoms with van der Waals surface area (Å²) in [5.41, 5.74) is 0.786. The highest BCUT2D eigenvalue weighted by atomic mass is 127. The standard InChI is InChI=1S/C11H10INOS2/c1-13(6-9-3-2-4-15-9)11(14)8-5-10(12)16-7-8/h2-5,7H,6H2,1H3. The zero-order valence-electron chi connectivity index (χ0n) is 8.64. The van der Waals surface area contributed by atoms with Gasteiger partial charge in [-0.1, -0.05) is 6.07 Å². The van der Waals surface area contributed by atoms with Gasteiger partial charge in [0.2, 0.25) is 0 Å². The lowest BCUT2D eigenvalue weighted by molar-refractivity contribution is 0.0787. The Morgan fingerprint density at radius 2 is 2.31 bits per heavy atom. The Morgan fingerprint density at radius 1 is 1.50 bits per heavy atom. The molecule has 2 nitrogen and oxygen atoms in total. The lowest BCUT2D eigenvalue weighted by Gasteiger charge is -2.15. The van der Waals surface area contributed by atoms with Crippen molar-refractivity contribution in [3.63, 3.8) is 0 Å². The van der Waals surface area contributed by atoms with Crippen LogP contribution in [0.3, 0.4) is 0 Å². The van der Waals surface area contributed by atoms with E-state index < -0.39 is 0 Å². The van der Waals surface area contributed by atoms with Crippen LogP contribution >= 0.6 is 45.3 Å². The maximum absolute atomic E-state index is 12.0. The topological polar surface area (TPSA) is 20.3 Å². The number of nitrogens with zero attached hydrogens (tertiary/aromatic N) is 1. The predicted octanol–water partition coefficient (Wildman–Crippen LogP) is 3.69. The summed E-state index contributed by atoms with van der Waals surface area (Å²) in [5, 5.41) is 3.94. The molecule has 5 heteroatoms. The first kappa shape index (κ1) is 12.1. The second-order valence-electron chi connectivity index (χ2n) is 3.38. The van der Waals surface area contributed by atoms with E-state index >= 15 is 0 Å². The van der Waals surface area contributed by atoms with Crippen molar-refractivity contribution in [3.05, 3.63) is 42.3 Å². The summed E-state index contributed by atoms with van der Waals surface area (Å²) in [4.78, 5) is 15.0. The quantitative estimate of drug-likeness (QED) is 0.762. The van der Waals surface area contributed by atoms with E-state index in [9.17, 15) is 4.79 Å². The van der Waals surface area contributed by atoms with Crippen LogP contribution in [0.2, 0.25) is 0 Å². The van der Waals surface area contributed by atoms with Crippen LogP contribution in [-0.4, -0.2) is 17.9 Å². The molecule has 16 heavy (non-hydrogen) atoms. The van der Waals surface area contributed by atoms with E-state index in [1.54, 1.807) is 27.6 Å². The van der Waals surface area contributed by atoms with Gasteiger partial charge in [-0.2, -0.15) is 0 Å². The summed E-state index contributed by atoms with van der Waals surface area (Å²) >= 11 is 5.51. The highest BCUT2D eigenvalue weighted by Crippen LogP contribution is 2.19. The molecule has 2 aromatic rings. The number of carbonyl (C=O) groups excluding carboxylic acids is 1. The Bertz CT molecular complexity index is 478. The molecule has 0 aliphatic carbocycles. The summed E-state index contributed by atoms with van der Waals surface area (Å²) in [6.07, 6.45) is 0. The molecule has 2 rings (SSSR count). The third-order valence-electron chi connectivity index (χ3n) is 2.13. The van der Waals surface area contributed by atoms with Gasteiger partial charge in [0.25, 0.3) is 5.91 Å². The van der Waals surface area contributed by atoms with Gasteiger partial charge in [-0.3, -0.25) is 4.79 Å². The van der Waals surface area contributed by atoms with Crippen LogP contribution in [-0.2, 0) is 6.54 Å². The highest BCUT2D eigenvalue weighted by molar-refractivity contribution is 14.1. The first-order valence-corrected chi connectivity index (χ1v) is 7.52. The molecule has 84 valence electrons. The maximum Gasteiger partial charge on any atom is 0.254 e. The van der Waals surface area contributed by atoms with Gasteiger partial charge in [0.05, 0.1) is 15.0 Å². The van der Waals surface area contributed by atoms with Gasteiger partial charge >= 0.3 is 0 Å². The minimum Gasteiger partial charge on any atom is -0.337 e. The van der Waals surface area contributed by atoms with Crippen LogP contribution < -0.4 is 0 Å². The third kappa shape index (κ3) is 2.83. The van der Waals surface area contributed by atoms with Gasteiger partial charge in [0.1, 0.15) is 0 Å². The van der Waals surface area contributed by atoms with Crippen LogP contribution in [0.1, 0.15) is 15.2 Å². The fraction of sp³-hybridized carbons (Fsp3) is 0.182. The Morgan fingerprint density at radius 3 is 2.88 bits per heavy atom. The molecule has 0 aliphatic rings. The van der Waals surface area contributed by atoms with Crippen molar-refractivity contribution >= 4 is 51.2 Å². The number of amides is 1. The molecule has 0 unspecified atom stereocenters. The van der Waals surface area contributed by atoms with Gasteiger partial charge in [-0.15, -0.1) is 22.7 Å². The van der Waals surface area contributed by atoms with Crippen molar-refractivity contribution in [1.29, 1.82) is 0 Å². The molecule has 1 amide bonds. The van der Waals surface area contributed by atoms with Gasteiger partial charge in [0, 0.05) is 17.3 Å². The molecule has 0 aliphatic heterocycles. The van der Waals surface area contributed by atoms with E-state index in [-0.39, 0.29) is 5.91 Å². The second-order valence-corrected chi connectivity index (χ2v) is 7.22. The van der Waals surface area contributed by atoms with Crippen molar-refractivity contribution in [1.82, 2.24) is 4.90 Å². The molecule has 0 aromatic carbocycles. The average Bonchev–Trinajstić information content (AvgIpc) is 2.88. The van der Waals surface area contributed by atoms with E-state index in [0.717, 1.165) is 8.45 Å². The number of rotatable bonds is 3. The average molecular weight is 363 g/mol. The summed E-state index contributed by atoms with van der Waals surface area (Å²) < 4.78 is 1.14. The molecule has 0 N–H and O–H groups in total. The molecular formula is C11H10INOS2. The number of halogens is 1. The smallest absolute Gasteiger partial charge is 0.254 e. The first-order valence-electron chi connectivity index (χ1n) is 4.68. The minimum atomic E-state index is 0.0903. The van der Waals surface area contributed by atoms with Crippen molar-refractivity contribution in [2.24, 2.45) is 0 Å². The van der Waals surface area contributed by atoms with E-state index in [0.29, 0.717) is 6.54 Å². The molecule has 2 heterocycles. The van der Waals surface area contributed by atoms with Crippen molar-refractivity contribution in [2.45, 2.75) is 6.54 Å². The number of hydrogen-bond donors (Lipinski definition) is 0. The number of hydrogen-bond acceptors (Lipinski definition) is 3. The number of carbonyl (C=O) groups is 1. The predicted molar refractivity (Wildman–Crippen MR) is 77.2 cm³/mol. The Kier molecular flexibility index (Phi) is 3.99. The second kappa shape index (κ2) is 5.29. The fourth-order valence-corrected chi connectivity index (χ4v) is 3.43. The minimum absolute atomic E-state index is 0.0903. The van der Waals surface area contributed by atoms with E-state index in [4.69, 9.17) is 0 Å². The van der Waals surface area contributed by atoms with E-state index in [2.05, 4.69) is 22.6 Å². The van der Waals surface area contributed by atoms with Gasteiger partial charge in [-0.05, 0) is 40.1 Å². The molecule has 0 bridgehead atoms. The Hall–Kier alpha value is -0.400. The van der Waals surface area contributed by atoms with Crippen LogP contribution in [0, 0.1) is 2.88 Å². The normalized spacial score (nSPS) is 10.4. The maximum atomic E-state index is 12.0. The third-order valence-corrected chi connectivity index (χ3v) is 4.78. The van der Waals surface area contributed by atoms with Crippen molar-refractivity contribution in [3.8, 4) is 0 Å². The fourth-order valence-electron chi connectivity index (χ4n) is 1.35. The molecular weight excluding hydrogens is 353 g/mol. The molecule has 0 saturated carbocycles. The summed E-state index contributed by atoms with van der Waals surface area (Å²) in [6, 6.07) is 5.98.